The van der Waals surface area contributed by atoms with Crippen molar-refractivity contribution in [1.82, 2.24) is 21.3 Å². The first-order valence-electron chi connectivity index (χ1n) is 15.3. The number of ether oxygens (including phenoxy) is 1. The van der Waals surface area contributed by atoms with Crippen LogP contribution >= 0.6 is 11.6 Å². The summed E-state index contributed by atoms with van der Waals surface area (Å²) in [5.74, 6) is 0.205. The zero-order valence-corrected chi connectivity index (χ0v) is 25.8. The summed E-state index contributed by atoms with van der Waals surface area (Å²) in [6.07, 6.45) is 4.50. The minimum absolute atomic E-state index is 0.0478. The highest BCUT2D eigenvalue weighted by Gasteiger charge is 2.45. The highest BCUT2D eigenvalue weighted by Crippen LogP contribution is 2.31. The Kier molecular flexibility index (Phi) is 11.3. The van der Waals surface area contributed by atoms with E-state index in [1.165, 1.54) is 0 Å². The Morgan fingerprint density at radius 2 is 1.81 bits per heavy atom. The lowest BCUT2D eigenvalue weighted by Gasteiger charge is -2.34. The van der Waals surface area contributed by atoms with Crippen LogP contribution in [0.1, 0.15) is 64.0 Å². The fraction of sp³-hybridized carbons (Fsp3) is 0.545. The van der Waals surface area contributed by atoms with Gasteiger partial charge in [-0.05, 0) is 60.4 Å². The van der Waals surface area contributed by atoms with Gasteiger partial charge in [-0.3, -0.25) is 14.4 Å². The molecule has 2 aromatic rings. The Morgan fingerprint density at radius 3 is 2.55 bits per heavy atom. The summed E-state index contributed by atoms with van der Waals surface area (Å²) in [6.45, 7) is 7.50. The SMILES string of the molecule is CCC(C)[C@@H]1NCCOc2ccccc2CC(C)CNC(=O)[C@@H](Cc2cccc(Cl)c2)NC(=O)C2(CCCC2)NC1=O. The van der Waals surface area contributed by atoms with Gasteiger partial charge in [0.1, 0.15) is 23.9 Å². The van der Waals surface area contributed by atoms with Crippen LogP contribution in [0.15, 0.2) is 48.5 Å². The number of rotatable bonds is 4. The maximum atomic E-state index is 14.0. The minimum atomic E-state index is -1.06. The molecule has 4 N–H and O–H groups in total. The Balaban J connectivity index is 1.64. The van der Waals surface area contributed by atoms with Gasteiger partial charge in [0.2, 0.25) is 17.7 Å². The van der Waals surface area contributed by atoms with Gasteiger partial charge < -0.3 is 26.0 Å². The quantitative estimate of drug-likeness (QED) is 0.423. The first-order chi connectivity index (χ1) is 20.2. The average Bonchev–Trinajstić information content (AvgIpc) is 3.45. The molecular weight excluding hydrogens is 552 g/mol. The second-order valence-electron chi connectivity index (χ2n) is 12.0. The number of para-hydroxylation sites is 1. The number of carbonyl (C=O) groups is 3. The summed E-state index contributed by atoms with van der Waals surface area (Å²) in [7, 11) is 0. The topological polar surface area (TPSA) is 109 Å². The van der Waals surface area contributed by atoms with Gasteiger partial charge in [-0.25, -0.2) is 0 Å². The van der Waals surface area contributed by atoms with E-state index in [0.717, 1.165) is 42.6 Å². The molecule has 1 saturated carbocycles. The Labute approximate surface area is 254 Å². The maximum Gasteiger partial charge on any atom is 0.246 e. The van der Waals surface area contributed by atoms with Crippen molar-refractivity contribution in [1.29, 1.82) is 0 Å². The van der Waals surface area contributed by atoms with Gasteiger partial charge >= 0.3 is 0 Å². The molecule has 9 heteroatoms. The van der Waals surface area contributed by atoms with Crippen LogP contribution in [0.3, 0.4) is 0 Å². The number of amides is 3. The van der Waals surface area contributed by atoms with Crippen LogP contribution in [0.2, 0.25) is 5.02 Å². The second-order valence-corrected chi connectivity index (χ2v) is 12.4. The monoisotopic (exact) mass is 596 g/mol. The summed E-state index contributed by atoms with van der Waals surface area (Å²) in [6, 6.07) is 13.9. The normalized spacial score (nSPS) is 24.8. The highest BCUT2D eigenvalue weighted by atomic mass is 35.5. The Morgan fingerprint density at radius 1 is 1.05 bits per heavy atom. The number of benzene rings is 2. The molecule has 3 amide bonds. The summed E-state index contributed by atoms with van der Waals surface area (Å²) < 4.78 is 6.15. The molecule has 1 aliphatic carbocycles. The molecule has 1 heterocycles. The molecule has 4 rings (SSSR count). The second kappa shape index (κ2) is 14.9. The number of hydrogen-bond donors (Lipinski definition) is 4. The van der Waals surface area contributed by atoms with E-state index in [-0.39, 0.29) is 36.0 Å². The van der Waals surface area contributed by atoms with E-state index in [0.29, 0.717) is 37.6 Å². The predicted molar refractivity (Wildman–Crippen MR) is 165 cm³/mol. The molecule has 0 radical (unpaired) electrons. The van der Waals surface area contributed by atoms with Crippen LogP contribution in [0.4, 0.5) is 0 Å². The molecule has 42 heavy (non-hydrogen) atoms. The first kappa shape index (κ1) is 31.8. The van der Waals surface area contributed by atoms with Crippen molar-refractivity contribution in [2.45, 2.75) is 83.3 Å². The number of hydrogen-bond acceptors (Lipinski definition) is 5. The molecule has 2 unspecified atom stereocenters. The van der Waals surface area contributed by atoms with E-state index in [1.54, 1.807) is 6.07 Å². The van der Waals surface area contributed by atoms with Gasteiger partial charge in [-0.1, -0.05) is 82.0 Å². The van der Waals surface area contributed by atoms with Gasteiger partial charge in [-0.15, -0.1) is 0 Å². The number of fused-ring (bicyclic) bond motifs is 1. The fourth-order valence-corrected chi connectivity index (χ4v) is 6.14. The zero-order valence-electron chi connectivity index (χ0n) is 25.0. The third-order valence-corrected chi connectivity index (χ3v) is 8.83. The molecule has 1 fully saturated rings. The molecule has 2 aromatic carbocycles. The van der Waals surface area contributed by atoms with Gasteiger partial charge in [0.15, 0.2) is 0 Å². The predicted octanol–water partition coefficient (Wildman–Crippen LogP) is 4.19. The Bertz CT molecular complexity index is 1230. The smallest absolute Gasteiger partial charge is 0.246 e. The van der Waals surface area contributed by atoms with Crippen LogP contribution in [-0.2, 0) is 27.2 Å². The van der Waals surface area contributed by atoms with Crippen molar-refractivity contribution in [3.05, 3.63) is 64.7 Å². The van der Waals surface area contributed by atoms with Gasteiger partial charge in [0.05, 0.1) is 6.04 Å². The molecule has 1 aliphatic heterocycles. The largest absolute Gasteiger partial charge is 0.492 e. The van der Waals surface area contributed by atoms with Crippen molar-refractivity contribution in [2.75, 3.05) is 19.7 Å². The molecule has 1 spiro atoms. The Hall–Kier alpha value is -3.10. The molecule has 0 saturated heterocycles. The first-order valence-corrected chi connectivity index (χ1v) is 15.7. The van der Waals surface area contributed by atoms with Gasteiger partial charge in [0.25, 0.3) is 0 Å². The van der Waals surface area contributed by atoms with Crippen molar-refractivity contribution in [2.24, 2.45) is 11.8 Å². The van der Waals surface area contributed by atoms with Crippen molar-refractivity contribution in [3.63, 3.8) is 0 Å². The lowest BCUT2D eigenvalue weighted by atomic mass is 9.92. The number of nitrogens with one attached hydrogen (secondary N) is 4. The van der Waals surface area contributed by atoms with Crippen LogP contribution in [0.5, 0.6) is 5.75 Å². The van der Waals surface area contributed by atoms with E-state index in [1.807, 2.05) is 49.4 Å². The van der Waals surface area contributed by atoms with Crippen LogP contribution in [-0.4, -0.2) is 55.0 Å². The van der Waals surface area contributed by atoms with Crippen LogP contribution in [0.25, 0.3) is 0 Å². The number of carbonyl (C=O) groups excluding carboxylic acids is 3. The van der Waals surface area contributed by atoms with Gasteiger partial charge in [-0.2, -0.15) is 0 Å². The minimum Gasteiger partial charge on any atom is -0.492 e. The van der Waals surface area contributed by atoms with Crippen LogP contribution < -0.4 is 26.0 Å². The third-order valence-electron chi connectivity index (χ3n) is 8.59. The molecule has 0 bridgehead atoms. The van der Waals surface area contributed by atoms with Gasteiger partial charge in [0, 0.05) is 24.5 Å². The molecule has 8 nitrogen and oxygen atoms in total. The molecule has 0 aromatic heterocycles. The van der Waals surface area contributed by atoms with Crippen molar-refractivity contribution < 1.29 is 19.1 Å². The summed E-state index contributed by atoms with van der Waals surface area (Å²) in [5, 5.41) is 13.2. The zero-order chi connectivity index (χ0) is 30.1. The lowest BCUT2D eigenvalue weighted by molar-refractivity contribution is -0.137. The van der Waals surface area contributed by atoms with Crippen LogP contribution in [0, 0.1) is 11.8 Å². The molecule has 228 valence electrons. The molecule has 2 aliphatic rings. The lowest BCUT2D eigenvalue weighted by Crippen LogP contribution is -2.64. The summed E-state index contributed by atoms with van der Waals surface area (Å²) >= 11 is 6.24. The van der Waals surface area contributed by atoms with E-state index >= 15 is 0 Å². The third kappa shape index (κ3) is 8.26. The van der Waals surface area contributed by atoms with E-state index in [4.69, 9.17) is 16.3 Å². The van der Waals surface area contributed by atoms with E-state index in [9.17, 15) is 14.4 Å². The summed E-state index contributed by atoms with van der Waals surface area (Å²) in [4.78, 5) is 41.3. The van der Waals surface area contributed by atoms with E-state index < -0.39 is 17.6 Å². The standard InChI is InChI=1S/C33H45ClN4O4/c1-4-23(3)29-31(40)38-33(14-7-8-15-33)32(41)37-27(20-24-10-9-12-26(34)19-24)30(39)36-21-22(2)18-25-11-5-6-13-28(25)42-17-16-35-29/h5-6,9-13,19,22-23,27,29,35H,4,7-8,14-18,20-21H2,1-3H3,(H,36,39)(H,37,41)(H,38,40)/t22?,23?,27-,29+/m1/s1. The number of halogens is 1. The summed E-state index contributed by atoms with van der Waals surface area (Å²) in [5.41, 5.74) is 0.837. The molecule has 4 atom stereocenters. The average molecular weight is 597 g/mol. The van der Waals surface area contributed by atoms with E-state index in [2.05, 4.69) is 35.1 Å². The van der Waals surface area contributed by atoms with Crippen molar-refractivity contribution in [3.8, 4) is 5.75 Å². The highest BCUT2D eigenvalue weighted by molar-refractivity contribution is 6.30. The maximum absolute atomic E-state index is 14.0. The van der Waals surface area contributed by atoms with Crippen molar-refractivity contribution >= 4 is 29.3 Å². The molecular formula is C33H45ClN4O4. The fourth-order valence-electron chi connectivity index (χ4n) is 5.93.